The first-order chi connectivity index (χ1) is 9.63. The smallest absolute Gasteiger partial charge is 0.311 e. The standard InChI is InChI=1S/C14H21N3O3/c1-3-15-6-8-16(9-7-15)11-12-4-5-14(20-2)13(10-12)17(18)19/h4-5,10H,3,6-9,11H2,1-2H3. The van der Waals surface area contributed by atoms with Gasteiger partial charge in [-0.1, -0.05) is 13.0 Å². The Kier molecular flexibility index (Phi) is 4.92. The summed E-state index contributed by atoms with van der Waals surface area (Å²) in [5.74, 6) is 0.314. The fourth-order valence-electron chi connectivity index (χ4n) is 2.50. The number of nitrogens with zero attached hydrogens (tertiary/aromatic N) is 3. The van der Waals surface area contributed by atoms with E-state index in [1.807, 2.05) is 6.07 Å². The highest BCUT2D eigenvalue weighted by Crippen LogP contribution is 2.28. The Morgan fingerprint density at radius 2 is 1.90 bits per heavy atom. The number of likely N-dealkylation sites (N-methyl/N-ethyl adjacent to an activating group) is 1. The van der Waals surface area contributed by atoms with E-state index in [-0.39, 0.29) is 5.69 Å². The summed E-state index contributed by atoms with van der Waals surface area (Å²) < 4.78 is 5.02. The maximum absolute atomic E-state index is 11.0. The third-order valence-corrected chi connectivity index (χ3v) is 3.76. The third kappa shape index (κ3) is 3.46. The molecule has 20 heavy (non-hydrogen) atoms. The van der Waals surface area contributed by atoms with Gasteiger partial charge in [0.25, 0.3) is 0 Å². The maximum Gasteiger partial charge on any atom is 0.311 e. The van der Waals surface area contributed by atoms with Crippen LogP contribution in [-0.2, 0) is 6.54 Å². The van der Waals surface area contributed by atoms with Crippen molar-refractivity contribution in [3.8, 4) is 5.75 Å². The van der Waals surface area contributed by atoms with Crippen molar-refractivity contribution < 1.29 is 9.66 Å². The zero-order chi connectivity index (χ0) is 14.5. The van der Waals surface area contributed by atoms with Crippen molar-refractivity contribution in [3.63, 3.8) is 0 Å². The Bertz CT molecular complexity index is 471. The minimum absolute atomic E-state index is 0.0391. The van der Waals surface area contributed by atoms with Gasteiger partial charge in [-0.25, -0.2) is 0 Å². The van der Waals surface area contributed by atoms with Crippen LogP contribution < -0.4 is 4.74 Å². The van der Waals surface area contributed by atoms with E-state index < -0.39 is 4.92 Å². The molecule has 0 radical (unpaired) electrons. The summed E-state index contributed by atoms with van der Waals surface area (Å²) in [6.07, 6.45) is 0. The Morgan fingerprint density at radius 1 is 1.25 bits per heavy atom. The predicted molar refractivity (Wildman–Crippen MR) is 77.0 cm³/mol. The van der Waals surface area contributed by atoms with Gasteiger partial charge in [0, 0.05) is 38.8 Å². The fraction of sp³-hybridized carbons (Fsp3) is 0.571. The molecule has 0 spiro atoms. The molecule has 1 aliphatic rings. The minimum atomic E-state index is -0.392. The van der Waals surface area contributed by atoms with Crippen LogP contribution in [0.5, 0.6) is 5.75 Å². The van der Waals surface area contributed by atoms with Crippen molar-refractivity contribution in [3.05, 3.63) is 33.9 Å². The summed E-state index contributed by atoms with van der Waals surface area (Å²) in [6.45, 7) is 8.15. The Hall–Kier alpha value is -1.66. The zero-order valence-electron chi connectivity index (χ0n) is 12.0. The summed E-state index contributed by atoms with van der Waals surface area (Å²) >= 11 is 0. The van der Waals surface area contributed by atoms with Gasteiger partial charge in [0.1, 0.15) is 0 Å². The van der Waals surface area contributed by atoms with Gasteiger partial charge in [-0.05, 0) is 18.2 Å². The number of hydrogen-bond donors (Lipinski definition) is 0. The molecule has 0 atom stereocenters. The number of benzene rings is 1. The lowest BCUT2D eigenvalue weighted by atomic mass is 10.1. The second-order valence-electron chi connectivity index (χ2n) is 4.97. The molecule has 2 rings (SSSR count). The molecule has 1 fully saturated rings. The second kappa shape index (κ2) is 6.67. The first-order valence-corrected chi connectivity index (χ1v) is 6.90. The van der Waals surface area contributed by atoms with Crippen LogP contribution >= 0.6 is 0 Å². The Morgan fingerprint density at radius 3 is 2.45 bits per heavy atom. The van der Waals surface area contributed by atoms with Crippen molar-refractivity contribution in [2.24, 2.45) is 0 Å². The van der Waals surface area contributed by atoms with Gasteiger partial charge >= 0.3 is 5.69 Å². The lowest BCUT2D eigenvalue weighted by Gasteiger charge is -2.34. The van der Waals surface area contributed by atoms with E-state index in [1.165, 1.54) is 7.11 Å². The largest absolute Gasteiger partial charge is 0.490 e. The topological polar surface area (TPSA) is 58.8 Å². The summed E-state index contributed by atoms with van der Waals surface area (Å²) in [5.41, 5.74) is 1.000. The van der Waals surface area contributed by atoms with E-state index in [9.17, 15) is 10.1 Å². The van der Waals surface area contributed by atoms with E-state index in [1.54, 1.807) is 12.1 Å². The van der Waals surface area contributed by atoms with Gasteiger partial charge in [-0.3, -0.25) is 15.0 Å². The van der Waals surface area contributed by atoms with E-state index >= 15 is 0 Å². The molecule has 110 valence electrons. The maximum atomic E-state index is 11.0. The molecule has 0 amide bonds. The van der Waals surface area contributed by atoms with Crippen molar-refractivity contribution in [1.29, 1.82) is 0 Å². The van der Waals surface area contributed by atoms with Gasteiger partial charge in [-0.2, -0.15) is 0 Å². The molecule has 1 heterocycles. The molecule has 6 nitrogen and oxygen atoms in total. The number of hydrogen-bond acceptors (Lipinski definition) is 5. The molecular formula is C14H21N3O3. The van der Waals surface area contributed by atoms with Crippen LogP contribution in [0.2, 0.25) is 0 Å². The highest BCUT2D eigenvalue weighted by molar-refractivity contribution is 5.48. The van der Waals surface area contributed by atoms with E-state index in [0.29, 0.717) is 5.75 Å². The van der Waals surface area contributed by atoms with Crippen LogP contribution in [-0.4, -0.2) is 54.6 Å². The fourth-order valence-corrected chi connectivity index (χ4v) is 2.50. The van der Waals surface area contributed by atoms with Crippen LogP contribution in [0, 0.1) is 10.1 Å². The predicted octanol–water partition coefficient (Wildman–Crippen LogP) is 1.74. The second-order valence-corrected chi connectivity index (χ2v) is 4.97. The third-order valence-electron chi connectivity index (χ3n) is 3.76. The van der Waals surface area contributed by atoms with E-state index in [4.69, 9.17) is 4.74 Å². The van der Waals surface area contributed by atoms with E-state index in [0.717, 1.165) is 44.8 Å². The highest BCUT2D eigenvalue weighted by atomic mass is 16.6. The number of piperazine rings is 1. The molecule has 6 heteroatoms. The van der Waals surface area contributed by atoms with Crippen LogP contribution in [0.25, 0.3) is 0 Å². The molecule has 0 saturated carbocycles. The molecule has 0 N–H and O–H groups in total. The summed E-state index contributed by atoms with van der Waals surface area (Å²) in [7, 11) is 1.45. The van der Waals surface area contributed by atoms with Gasteiger partial charge in [0.2, 0.25) is 0 Å². The first kappa shape index (κ1) is 14.7. The molecule has 0 unspecified atom stereocenters. The number of ether oxygens (including phenoxy) is 1. The molecule has 1 aromatic rings. The van der Waals surface area contributed by atoms with Gasteiger partial charge in [-0.15, -0.1) is 0 Å². The first-order valence-electron chi connectivity index (χ1n) is 6.90. The summed E-state index contributed by atoms with van der Waals surface area (Å²) in [5, 5.41) is 11.0. The van der Waals surface area contributed by atoms with Gasteiger partial charge < -0.3 is 9.64 Å². The molecular weight excluding hydrogens is 258 g/mol. The minimum Gasteiger partial charge on any atom is -0.490 e. The van der Waals surface area contributed by atoms with E-state index in [2.05, 4.69) is 16.7 Å². The molecule has 0 aromatic heterocycles. The van der Waals surface area contributed by atoms with Gasteiger partial charge in [0.15, 0.2) is 5.75 Å². The number of nitro groups is 1. The van der Waals surface area contributed by atoms with Crippen LogP contribution in [0.3, 0.4) is 0 Å². The van der Waals surface area contributed by atoms with Crippen LogP contribution in [0.15, 0.2) is 18.2 Å². The van der Waals surface area contributed by atoms with Crippen molar-refractivity contribution in [1.82, 2.24) is 9.80 Å². The molecule has 0 aliphatic carbocycles. The number of nitro benzene ring substituents is 1. The quantitative estimate of drug-likeness (QED) is 0.607. The Labute approximate surface area is 119 Å². The normalized spacial score (nSPS) is 17.1. The molecule has 1 aromatic carbocycles. The van der Waals surface area contributed by atoms with Crippen LogP contribution in [0.4, 0.5) is 5.69 Å². The Balaban J connectivity index is 2.03. The molecule has 0 bridgehead atoms. The molecule has 1 saturated heterocycles. The number of methoxy groups -OCH3 is 1. The van der Waals surface area contributed by atoms with Crippen molar-refractivity contribution in [2.75, 3.05) is 39.8 Å². The van der Waals surface area contributed by atoms with Crippen molar-refractivity contribution in [2.45, 2.75) is 13.5 Å². The highest BCUT2D eigenvalue weighted by Gasteiger charge is 2.19. The number of rotatable bonds is 5. The monoisotopic (exact) mass is 279 g/mol. The molecule has 1 aliphatic heterocycles. The van der Waals surface area contributed by atoms with Crippen LogP contribution in [0.1, 0.15) is 12.5 Å². The summed E-state index contributed by atoms with van der Waals surface area (Å²) in [4.78, 5) is 15.4. The van der Waals surface area contributed by atoms with Crippen molar-refractivity contribution >= 4 is 5.69 Å². The zero-order valence-corrected chi connectivity index (χ0v) is 12.0. The average molecular weight is 279 g/mol. The average Bonchev–Trinajstić information content (AvgIpc) is 2.48. The lowest BCUT2D eigenvalue weighted by Crippen LogP contribution is -2.45. The van der Waals surface area contributed by atoms with Gasteiger partial charge in [0.05, 0.1) is 12.0 Å². The lowest BCUT2D eigenvalue weighted by molar-refractivity contribution is -0.385. The SMILES string of the molecule is CCN1CCN(Cc2ccc(OC)c([N+](=O)[O-])c2)CC1. The summed E-state index contributed by atoms with van der Waals surface area (Å²) in [6, 6.07) is 5.19.